The lowest BCUT2D eigenvalue weighted by atomic mass is 10.0. The maximum Gasteiger partial charge on any atom is 0.325 e. The van der Waals surface area contributed by atoms with Crippen LogP contribution in [0.5, 0.6) is 5.75 Å². The summed E-state index contributed by atoms with van der Waals surface area (Å²) in [5.74, 6) is -0.970. The zero-order valence-corrected chi connectivity index (χ0v) is 17.0. The van der Waals surface area contributed by atoms with Gasteiger partial charge in [-0.15, -0.1) is 0 Å². The molecule has 0 aliphatic rings. The SMILES string of the molecule is Cc1ccc(C(C)C)c(OCC(=O)Nc2ccc(C(=O)NC(C)C(=O)O)cc2)c1. The van der Waals surface area contributed by atoms with E-state index in [9.17, 15) is 14.4 Å². The van der Waals surface area contributed by atoms with Crippen molar-refractivity contribution in [3.05, 3.63) is 59.2 Å². The van der Waals surface area contributed by atoms with E-state index in [1.54, 1.807) is 12.1 Å². The van der Waals surface area contributed by atoms with Gasteiger partial charge in [-0.05, 0) is 61.2 Å². The van der Waals surface area contributed by atoms with Crippen molar-refractivity contribution in [2.75, 3.05) is 11.9 Å². The third-order valence-corrected chi connectivity index (χ3v) is 4.30. The topological polar surface area (TPSA) is 105 Å². The molecule has 2 aromatic carbocycles. The summed E-state index contributed by atoms with van der Waals surface area (Å²) in [6.45, 7) is 7.33. The molecule has 0 aliphatic heterocycles. The van der Waals surface area contributed by atoms with Gasteiger partial charge in [-0.2, -0.15) is 0 Å². The first kappa shape index (κ1) is 21.9. The molecule has 0 aromatic heterocycles. The number of nitrogens with one attached hydrogen (secondary N) is 2. The van der Waals surface area contributed by atoms with Crippen molar-refractivity contribution in [2.45, 2.75) is 39.7 Å². The molecule has 1 unspecified atom stereocenters. The fraction of sp³-hybridized carbons (Fsp3) is 0.318. The van der Waals surface area contributed by atoms with Crippen molar-refractivity contribution >= 4 is 23.5 Å². The zero-order valence-electron chi connectivity index (χ0n) is 17.0. The third-order valence-electron chi connectivity index (χ3n) is 4.30. The summed E-state index contributed by atoms with van der Waals surface area (Å²) in [6, 6.07) is 11.1. The van der Waals surface area contributed by atoms with Crippen LogP contribution in [0.1, 0.15) is 48.2 Å². The number of carbonyl (C=O) groups excluding carboxylic acids is 2. The van der Waals surface area contributed by atoms with Gasteiger partial charge in [0.25, 0.3) is 11.8 Å². The molecular formula is C22H26N2O5. The lowest BCUT2D eigenvalue weighted by Crippen LogP contribution is -2.38. The lowest BCUT2D eigenvalue weighted by Gasteiger charge is -2.15. The highest BCUT2D eigenvalue weighted by Gasteiger charge is 2.15. The summed E-state index contributed by atoms with van der Waals surface area (Å²) >= 11 is 0. The number of benzene rings is 2. The summed E-state index contributed by atoms with van der Waals surface area (Å²) < 4.78 is 5.71. The zero-order chi connectivity index (χ0) is 21.6. The molecule has 3 N–H and O–H groups in total. The molecule has 2 amide bonds. The molecular weight excluding hydrogens is 372 g/mol. The maximum absolute atomic E-state index is 12.2. The molecule has 0 saturated carbocycles. The molecule has 7 nitrogen and oxygen atoms in total. The minimum atomic E-state index is -1.11. The predicted octanol–water partition coefficient (Wildman–Crippen LogP) is 3.34. The Morgan fingerprint density at radius 1 is 1.03 bits per heavy atom. The number of hydrogen-bond acceptors (Lipinski definition) is 4. The second-order valence-corrected chi connectivity index (χ2v) is 7.14. The first-order valence-corrected chi connectivity index (χ1v) is 9.34. The maximum atomic E-state index is 12.2. The molecule has 0 spiro atoms. The Morgan fingerprint density at radius 2 is 1.69 bits per heavy atom. The second kappa shape index (κ2) is 9.73. The molecule has 154 valence electrons. The Kier molecular flexibility index (Phi) is 7.36. The van der Waals surface area contributed by atoms with Crippen molar-refractivity contribution in [3.63, 3.8) is 0 Å². The van der Waals surface area contributed by atoms with Gasteiger partial charge >= 0.3 is 5.97 Å². The Bertz CT molecular complexity index is 891. The molecule has 29 heavy (non-hydrogen) atoms. The smallest absolute Gasteiger partial charge is 0.325 e. The number of hydrogen-bond donors (Lipinski definition) is 3. The highest BCUT2D eigenvalue weighted by molar-refractivity contribution is 5.97. The van der Waals surface area contributed by atoms with E-state index in [1.807, 2.05) is 25.1 Å². The molecule has 0 bridgehead atoms. The Labute approximate surface area is 170 Å². The quantitative estimate of drug-likeness (QED) is 0.633. The molecule has 1 atom stereocenters. The number of rotatable bonds is 8. The van der Waals surface area contributed by atoms with E-state index in [4.69, 9.17) is 9.84 Å². The van der Waals surface area contributed by atoms with Crippen LogP contribution < -0.4 is 15.4 Å². The van der Waals surface area contributed by atoms with Gasteiger partial charge in [0.05, 0.1) is 0 Å². The number of aliphatic carboxylic acids is 1. The Hall–Kier alpha value is -3.35. The van der Waals surface area contributed by atoms with Crippen molar-refractivity contribution in [3.8, 4) is 5.75 Å². The molecule has 7 heteroatoms. The van der Waals surface area contributed by atoms with Crippen LogP contribution in [0.3, 0.4) is 0 Å². The summed E-state index contributed by atoms with van der Waals surface area (Å²) in [7, 11) is 0. The van der Waals surface area contributed by atoms with Crippen LogP contribution >= 0.6 is 0 Å². The molecule has 0 saturated heterocycles. The normalized spacial score (nSPS) is 11.6. The van der Waals surface area contributed by atoms with Gasteiger partial charge in [-0.25, -0.2) is 0 Å². The van der Waals surface area contributed by atoms with E-state index in [2.05, 4.69) is 24.5 Å². The first-order valence-electron chi connectivity index (χ1n) is 9.34. The first-order chi connectivity index (χ1) is 13.7. The minimum absolute atomic E-state index is 0.137. The number of carboxylic acids is 1. The van der Waals surface area contributed by atoms with Crippen LogP contribution in [0.25, 0.3) is 0 Å². The van der Waals surface area contributed by atoms with Gasteiger partial charge in [-0.3, -0.25) is 14.4 Å². The van der Waals surface area contributed by atoms with Crippen LogP contribution in [0.2, 0.25) is 0 Å². The van der Waals surface area contributed by atoms with Crippen LogP contribution in [0.15, 0.2) is 42.5 Å². The Morgan fingerprint density at radius 3 is 2.28 bits per heavy atom. The number of ether oxygens (including phenoxy) is 1. The summed E-state index contributed by atoms with van der Waals surface area (Å²) in [5.41, 5.74) is 2.90. The van der Waals surface area contributed by atoms with E-state index in [-0.39, 0.29) is 18.4 Å². The molecule has 2 rings (SSSR count). The van der Waals surface area contributed by atoms with Crippen molar-refractivity contribution in [1.82, 2.24) is 5.32 Å². The summed E-state index contributed by atoms with van der Waals surface area (Å²) in [6.07, 6.45) is 0. The standard InChI is InChI=1S/C22H26N2O5/c1-13(2)18-10-5-14(3)11-19(18)29-12-20(25)24-17-8-6-16(7-9-17)21(26)23-15(4)22(27)28/h5-11,13,15H,12H2,1-4H3,(H,23,26)(H,24,25)(H,27,28). The van der Waals surface area contributed by atoms with E-state index in [0.717, 1.165) is 11.1 Å². The Balaban J connectivity index is 1.94. The monoisotopic (exact) mass is 398 g/mol. The number of carbonyl (C=O) groups is 3. The number of carboxylic acid groups (broad SMARTS) is 1. The number of aryl methyl sites for hydroxylation is 1. The van der Waals surface area contributed by atoms with Gasteiger partial charge in [-0.1, -0.05) is 26.0 Å². The van der Waals surface area contributed by atoms with Gasteiger partial charge in [0.1, 0.15) is 11.8 Å². The van der Waals surface area contributed by atoms with Crippen molar-refractivity contribution in [2.24, 2.45) is 0 Å². The fourth-order valence-corrected chi connectivity index (χ4v) is 2.63. The lowest BCUT2D eigenvalue weighted by molar-refractivity contribution is -0.138. The fourth-order valence-electron chi connectivity index (χ4n) is 2.63. The highest BCUT2D eigenvalue weighted by atomic mass is 16.5. The van der Waals surface area contributed by atoms with Crippen LogP contribution in [0.4, 0.5) is 5.69 Å². The average Bonchev–Trinajstić information content (AvgIpc) is 2.66. The van der Waals surface area contributed by atoms with Crippen LogP contribution in [0, 0.1) is 6.92 Å². The largest absolute Gasteiger partial charge is 0.483 e. The third kappa shape index (κ3) is 6.34. The number of amides is 2. The van der Waals surface area contributed by atoms with Gasteiger partial charge in [0.15, 0.2) is 6.61 Å². The number of anilines is 1. The summed E-state index contributed by atoms with van der Waals surface area (Å²) in [4.78, 5) is 35.0. The van der Waals surface area contributed by atoms with E-state index >= 15 is 0 Å². The average molecular weight is 398 g/mol. The summed E-state index contributed by atoms with van der Waals surface area (Å²) in [5, 5.41) is 13.9. The second-order valence-electron chi connectivity index (χ2n) is 7.14. The van der Waals surface area contributed by atoms with Crippen molar-refractivity contribution in [1.29, 1.82) is 0 Å². The molecule has 0 heterocycles. The highest BCUT2D eigenvalue weighted by Crippen LogP contribution is 2.27. The molecule has 0 aliphatic carbocycles. The molecule has 2 aromatic rings. The predicted molar refractivity (Wildman–Crippen MR) is 110 cm³/mol. The van der Waals surface area contributed by atoms with Crippen LogP contribution in [-0.2, 0) is 9.59 Å². The van der Waals surface area contributed by atoms with Crippen LogP contribution in [-0.4, -0.2) is 35.5 Å². The van der Waals surface area contributed by atoms with Gasteiger partial charge < -0.3 is 20.5 Å². The van der Waals surface area contributed by atoms with Gasteiger partial charge in [0.2, 0.25) is 0 Å². The molecule has 0 radical (unpaired) electrons. The van der Waals surface area contributed by atoms with Gasteiger partial charge in [0, 0.05) is 11.3 Å². The van der Waals surface area contributed by atoms with E-state index in [0.29, 0.717) is 17.0 Å². The minimum Gasteiger partial charge on any atom is -0.483 e. The van der Waals surface area contributed by atoms with Crippen molar-refractivity contribution < 1.29 is 24.2 Å². The van der Waals surface area contributed by atoms with E-state index < -0.39 is 17.9 Å². The van der Waals surface area contributed by atoms with E-state index in [1.165, 1.54) is 19.1 Å². The molecule has 0 fully saturated rings.